The van der Waals surface area contributed by atoms with E-state index in [9.17, 15) is 8.42 Å². The zero-order chi connectivity index (χ0) is 15.6. The summed E-state index contributed by atoms with van der Waals surface area (Å²) in [7, 11) is -3.80. The first-order chi connectivity index (χ1) is 9.85. The Bertz CT molecular complexity index is 842. The highest BCUT2D eigenvalue weighted by Crippen LogP contribution is 2.25. The van der Waals surface area contributed by atoms with Crippen molar-refractivity contribution in [1.29, 1.82) is 5.26 Å². The van der Waals surface area contributed by atoms with E-state index in [2.05, 4.69) is 4.72 Å². The summed E-state index contributed by atoms with van der Waals surface area (Å²) >= 11 is 5.86. The van der Waals surface area contributed by atoms with Gasteiger partial charge in [0.2, 0.25) is 0 Å². The fraction of sp³-hybridized carbons (Fsp3) is 0.0714. The van der Waals surface area contributed by atoms with Crippen molar-refractivity contribution >= 4 is 33.0 Å². The molecular weight excluding hydrogens is 310 g/mol. The molecule has 5 nitrogen and oxygen atoms in total. The van der Waals surface area contributed by atoms with Crippen LogP contribution in [-0.2, 0) is 10.0 Å². The van der Waals surface area contributed by atoms with Crippen LogP contribution >= 0.6 is 11.6 Å². The molecule has 0 fully saturated rings. The second kappa shape index (κ2) is 5.64. The van der Waals surface area contributed by atoms with Gasteiger partial charge in [-0.1, -0.05) is 17.7 Å². The molecule has 108 valence electrons. The first-order valence-corrected chi connectivity index (χ1v) is 7.79. The molecule has 0 heterocycles. The molecule has 21 heavy (non-hydrogen) atoms. The number of nitrogen functional groups attached to an aromatic ring is 1. The smallest absolute Gasteiger partial charge is 0.261 e. The third-order valence-corrected chi connectivity index (χ3v) is 4.67. The number of hydrogen-bond acceptors (Lipinski definition) is 4. The van der Waals surface area contributed by atoms with E-state index >= 15 is 0 Å². The summed E-state index contributed by atoms with van der Waals surface area (Å²) < 4.78 is 27.1. The van der Waals surface area contributed by atoms with Crippen molar-refractivity contribution in [2.45, 2.75) is 11.8 Å². The average Bonchev–Trinajstić information content (AvgIpc) is 2.43. The minimum atomic E-state index is -3.80. The lowest BCUT2D eigenvalue weighted by Crippen LogP contribution is -2.14. The van der Waals surface area contributed by atoms with Gasteiger partial charge in [-0.25, -0.2) is 8.42 Å². The first kappa shape index (κ1) is 15.2. The van der Waals surface area contributed by atoms with Crippen LogP contribution in [0, 0.1) is 18.3 Å². The van der Waals surface area contributed by atoms with Crippen molar-refractivity contribution in [3.63, 3.8) is 0 Å². The van der Waals surface area contributed by atoms with E-state index < -0.39 is 10.0 Å². The predicted molar refractivity (Wildman–Crippen MR) is 82.6 cm³/mol. The van der Waals surface area contributed by atoms with Crippen LogP contribution in [0.25, 0.3) is 0 Å². The summed E-state index contributed by atoms with van der Waals surface area (Å²) in [4.78, 5) is -0.0201. The maximum atomic E-state index is 12.3. The Morgan fingerprint density at radius 3 is 2.62 bits per heavy atom. The van der Waals surface area contributed by atoms with Crippen LogP contribution in [0.5, 0.6) is 0 Å². The Balaban J connectivity index is 2.41. The molecule has 0 aliphatic rings. The topological polar surface area (TPSA) is 96.0 Å². The molecule has 2 aromatic carbocycles. The Morgan fingerprint density at radius 1 is 1.29 bits per heavy atom. The predicted octanol–water partition coefficient (Wildman–Crippen LogP) is 2.90. The van der Waals surface area contributed by atoms with E-state index in [1.54, 1.807) is 25.1 Å². The van der Waals surface area contributed by atoms with E-state index in [1.165, 1.54) is 18.2 Å². The van der Waals surface area contributed by atoms with Crippen LogP contribution in [-0.4, -0.2) is 8.42 Å². The molecule has 0 radical (unpaired) electrons. The van der Waals surface area contributed by atoms with E-state index in [0.29, 0.717) is 16.9 Å². The monoisotopic (exact) mass is 321 g/mol. The quantitative estimate of drug-likeness (QED) is 0.849. The minimum Gasteiger partial charge on any atom is -0.398 e. The summed E-state index contributed by atoms with van der Waals surface area (Å²) in [6.07, 6.45) is 0. The number of rotatable bonds is 3. The highest BCUT2D eigenvalue weighted by atomic mass is 35.5. The Labute approximate surface area is 128 Å². The van der Waals surface area contributed by atoms with Crippen LogP contribution in [0.4, 0.5) is 11.4 Å². The molecule has 3 N–H and O–H groups in total. The molecule has 0 bridgehead atoms. The lowest BCUT2D eigenvalue weighted by atomic mass is 10.2. The van der Waals surface area contributed by atoms with Crippen molar-refractivity contribution in [2.75, 3.05) is 10.5 Å². The van der Waals surface area contributed by atoms with Crippen molar-refractivity contribution in [1.82, 2.24) is 0 Å². The van der Waals surface area contributed by atoms with Gasteiger partial charge >= 0.3 is 0 Å². The van der Waals surface area contributed by atoms with Crippen LogP contribution in [0.1, 0.15) is 11.1 Å². The molecule has 0 aliphatic carbocycles. The van der Waals surface area contributed by atoms with E-state index in [1.807, 2.05) is 6.07 Å². The molecular formula is C14H12ClN3O2S. The molecule has 0 spiro atoms. The Kier molecular flexibility index (Phi) is 4.07. The number of benzene rings is 2. The standard InChI is InChI=1S/C14H12ClN3O2S/c1-9-13(17)3-2-4-14(9)18-21(19,20)11-6-5-10(8-16)12(15)7-11/h2-7,18H,17H2,1H3. The van der Waals surface area contributed by atoms with Gasteiger partial charge in [-0.3, -0.25) is 4.72 Å². The normalized spacial score (nSPS) is 10.9. The zero-order valence-electron chi connectivity index (χ0n) is 11.1. The molecule has 0 aromatic heterocycles. The molecule has 2 aromatic rings. The summed E-state index contributed by atoms with van der Waals surface area (Å²) in [6.45, 7) is 1.72. The second-order valence-electron chi connectivity index (χ2n) is 4.38. The van der Waals surface area contributed by atoms with Crippen LogP contribution in [0.3, 0.4) is 0 Å². The number of halogens is 1. The highest BCUT2D eigenvalue weighted by molar-refractivity contribution is 7.92. The average molecular weight is 322 g/mol. The van der Waals surface area contributed by atoms with Crippen LogP contribution < -0.4 is 10.5 Å². The van der Waals surface area contributed by atoms with E-state index in [-0.39, 0.29) is 15.5 Å². The van der Waals surface area contributed by atoms with Crippen molar-refractivity contribution < 1.29 is 8.42 Å². The molecule has 0 amide bonds. The first-order valence-electron chi connectivity index (χ1n) is 5.92. The lowest BCUT2D eigenvalue weighted by Gasteiger charge is -2.12. The van der Waals surface area contributed by atoms with Gasteiger partial charge in [-0.15, -0.1) is 0 Å². The molecule has 0 saturated carbocycles. The SMILES string of the molecule is Cc1c(N)cccc1NS(=O)(=O)c1ccc(C#N)c(Cl)c1. The molecule has 0 aliphatic heterocycles. The largest absolute Gasteiger partial charge is 0.398 e. The van der Waals surface area contributed by atoms with Crippen LogP contribution in [0.2, 0.25) is 5.02 Å². The Hall–Kier alpha value is -2.23. The lowest BCUT2D eigenvalue weighted by molar-refractivity contribution is 0.601. The Morgan fingerprint density at radius 2 is 2.00 bits per heavy atom. The summed E-state index contributed by atoms with van der Waals surface area (Å²) in [6, 6.07) is 10.8. The number of nitriles is 1. The van der Waals surface area contributed by atoms with Crippen LogP contribution in [0.15, 0.2) is 41.3 Å². The zero-order valence-corrected chi connectivity index (χ0v) is 12.7. The van der Waals surface area contributed by atoms with Gasteiger partial charge in [0.1, 0.15) is 6.07 Å². The van der Waals surface area contributed by atoms with Gasteiger partial charge in [-0.05, 0) is 42.8 Å². The summed E-state index contributed by atoms with van der Waals surface area (Å²) in [5, 5.41) is 8.89. The summed E-state index contributed by atoms with van der Waals surface area (Å²) in [5.74, 6) is 0. The number of sulfonamides is 1. The van der Waals surface area contributed by atoms with Gasteiger partial charge < -0.3 is 5.73 Å². The number of nitrogens with two attached hydrogens (primary N) is 1. The third kappa shape index (κ3) is 3.10. The summed E-state index contributed by atoms with van der Waals surface area (Å²) in [5.41, 5.74) is 7.50. The molecule has 0 unspecified atom stereocenters. The molecule has 0 saturated heterocycles. The number of anilines is 2. The van der Waals surface area contributed by atoms with Gasteiger partial charge in [0.05, 0.1) is 21.2 Å². The highest BCUT2D eigenvalue weighted by Gasteiger charge is 2.17. The van der Waals surface area contributed by atoms with Crippen molar-refractivity contribution in [3.8, 4) is 6.07 Å². The van der Waals surface area contributed by atoms with Crippen molar-refractivity contribution in [3.05, 3.63) is 52.5 Å². The van der Waals surface area contributed by atoms with Gasteiger partial charge in [0.25, 0.3) is 10.0 Å². The minimum absolute atomic E-state index is 0.0201. The van der Waals surface area contributed by atoms with E-state index in [0.717, 1.165) is 0 Å². The molecule has 0 atom stereocenters. The molecule has 2 rings (SSSR count). The van der Waals surface area contributed by atoms with E-state index in [4.69, 9.17) is 22.6 Å². The fourth-order valence-electron chi connectivity index (χ4n) is 1.72. The maximum Gasteiger partial charge on any atom is 0.261 e. The van der Waals surface area contributed by atoms with Gasteiger partial charge in [0, 0.05) is 5.69 Å². The van der Waals surface area contributed by atoms with Gasteiger partial charge in [-0.2, -0.15) is 5.26 Å². The number of nitrogens with zero attached hydrogens (tertiary/aromatic N) is 1. The second-order valence-corrected chi connectivity index (χ2v) is 6.47. The van der Waals surface area contributed by atoms with Crippen molar-refractivity contribution in [2.24, 2.45) is 0 Å². The van der Waals surface area contributed by atoms with Gasteiger partial charge in [0.15, 0.2) is 0 Å². The third-order valence-electron chi connectivity index (χ3n) is 2.99. The fourth-order valence-corrected chi connectivity index (χ4v) is 3.16. The number of nitrogens with one attached hydrogen (secondary N) is 1. The molecule has 7 heteroatoms. The maximum absolute atomic E-state index is 12.3. The number of hydrogen-bond donors (Lipinski definition) is 2.